The first-order chi connectivity index (χ1) is 14.9. The summed E-state index contributed by atoms with van der Waals surface area (Å²) in [7, 11) is 0. The van der Waals surface area contributed by atoms with Crippen molar-refractivity contribution >= 4 is 34.1 Å². The van der Waals surface area contributed by atoms with Gasteiger partial charge >= 0.3 is 0 Å². The Hall–Kier alpha value is -3.53. The summed E-state index contributed by atoms with van der Waals surface area (Å²) >= 11 is 6.31. The SMILES string of the molecule is Cc1nnc(-c2c(N)ncnc2NC(C)c2nc3cccc(Cl)c3c(=O)n2C2CC2)o1. The smallest absolute Gasteiger partial charge is 0.263 e. The number of fused-ring (bicyclic) bond motifs is 1. The first-order valence-electron chi connectivity index (χ1n) is 9.82. The molecular formula is C20H19ClN8O2. The molecule has 4 aromatic rings. The largest absolute Gasteiger partial charge is 0.421 e. The van der Waals surface area contributed by atoms with E-state index in [-0.39, 0.29) is 29.4 Å². The Labute approximate surface area is 181 Å². The molecule has 158 valence electrons. The summed E-state index contributed by atoms with van der Waals surface area (Å²) in [5.41, 5.74) is 6.89. The van der Waals surface area contributed by atoms with Crippen LogP contribution in [-0.4, -0.2) is 29.7 Å². The number of aryl methyl sites for hydroxylation is 1. The molecule has 0 bridgehead atoms. The maximum absolute atomic E-state index is 13.3. The van der Waals surface area contributed by atoms with Crippen molar-refractivity contribution in [3.05, 3.63) is 51.6 Å². The highest BCUT2D eigenvalue weighted by Crippen LogP contribution is 2.37. The third-order valence-electron chi connectivity index (χ3n) is 5.18. The summed E-state index contributed by atoms with van der Waals surface area (Å²) < 4.78 is 7.26. The molecule has 10 nitrogen and oxygen atoms in total. The average Bonchev–Trinajstić information content (AvgIpc) is 3.48. The summed E-state index contributed by atoms with van der Waals surface area (Å²) in [6.07, 6.45) is 3.19. The number of nitrogen functional groups attached to an aromatic ring is 1. The van der Waals surface area contributed by atoms with E-state index in [2.05, 4.69) is 25.5 Å². The highest BCUT2D eigenvalue weighted by atomic mass is 35.5. The van der Waals surface area contributed by atoms with E-state index in [9.17, 15) is 4.79 Å². The standard InChI is InChI=1S/C20H19ClN8O2/c1-9(25-17-15(16(22)23-8-24-17)19-28-27-10(2)31-19)18-26-13-5-3-4-12(21)14(13)20(30)29(18)11-6-7-11/h3-5,8-9,11H,6-7H2,1-2H3,(H3,22,23,24,25). The molecule has 3 heterocycles. The van der Waals surface area contributed by atoms with Gasteiger partial charge in [-0.15, -0.1) is 10.2 Å². The number of nitrogens with two attached hydrogens (primary N) is 1. The van der Waals surface area contributed by atoms with Crippen molar-refractivity contribution in [2.75, 3.05) is 11.1 Å². The lowest BCUT2D eigenvalue weighted by atomic mass is 10.2. The highest BCUT2D eigenvalue weighted by Gasteiger charge is 2.31. The third-order valence-corrected chi connectivity index (χ3v) is 5.49. The van der Waals surface area contributed by atoms with Crippen LogP contribution in [0, 0.1) is 6.92 Å². The number of hydrogen-bond donors (Lipinski definition) is 2. The number of anilines is 2. The topological polar surface area (TPSA) is 138 Å². The Morgan fingerprint density at radius 1 is 1.29 bits per heavy atom. The van der Waals surface area contributed by atoms with Crippen LogP contribution in [0.4, 0.5) is 11.6 Å². The summed E-state index contributed by atoms with van der Waals surface area (Å²) in [5.74, 6) is 1.81. The molecule has 1 saturated carbocycles. The van der Waals surface area contributed by atoms with Crippen LogP contribution in [0.15, 0.2) is 33.7 Å². The summed E-state index contributed by atoms with van der Waals surface area (Å²) in [4.78, 5) is 26.4. The van der Waals surface area contributed by atoms with E-state index in [0.29, 0.717) is 39.0 Å². The second-order valence-electron chi connectivity index (χ2n) is 7.49. The van der Waals surface area contributed by atoms with Crippen molar-refractivity contribution in [1.29, 1.82) is 0 Å². The molecule has 1 fully saturated rings. The molecule has 3 aromatic heterocycles. The van der Waals surface area contributed by atoms with Crippen LogP contribution < -0.4 is 16.6 Å². The van der Waals surface area contributed by atoms with E-state index < -0.39 is 0 Å². The zero-order chi connectivity index (χ0) is 21.7. The Balaban J connectivity index is 1.61. The summed E-state index contributed by atoms with van der Waals surface area (Å²) in [6, 6.07) is 4.99. The minimum atomic E-state index is -0.381. The monoisotopic (exact) mass is 438 g/mol. The van der Waals surface area contributed by atoms with Crippen molar-refractivity contribution in [2.45, 2.75) is 38.8 Å². The van der Waals surface area contributed by atoms with E-state index in [1.807, 2.05) is 6.92 Å². The average molecular weight is 439 g/mol. The second-order valence-corrected chi connectivity index (χ2v) is 7.89. The molecule has 1 atom stereocenters. The van der Waals surface area contributed by atoms with Crippen LogP contribution in [0.5, 0.6) is 0 Å². The molecule has 0 saturated heterocycles. The number of hydrogen-bond acceptors (Lipinski definition) is 9. The van der Waals surface area contributed by atoms with E-state index in [1.165, 1.54) is 6.33 Å². The van der Waals surface area contributed by atoms with Gasteiger partial charge in [0.15, 0.2) is 0 Å². The zero-order valence-electron chi connectivity index (χ0n) is 16.8. The molecular weight excluding hydrogens is 420 g/mol. The van der Waals surface area contributed by atoms with Crippen LogP contribution in [0.3, 0.4) is 0 Å². The molecule has 5 rings (SSSR count). The Bertz CT molecular complexity index is 1360. The van der Waals surface area contributed by atoms with Gasteiger partial charge in [0.05, 0.1) is 22.0 Å². The predicted molar refractivity (Wildman–Crippen MR) is 116 cm³/mol. The molecule has 1 aliphatic rings. The first-order valence-corrected chi connectivity index (χ1v) is 10.2. The van der Waals surface area contributed by atoms with Crippen LogP contribution in [0.25, 0.3) is 22.4 Å². The molecule has 1 aromatic carbocycles. The lowest BCUT2D eigenvalue weighted by molar-refractivity contribution is 0.532. The molecule has 0 spiro atoms. The van der Waals surface area contributed by atoms with Gasteiger partial charge in [-0.25, -0.2) is 15.0 Å². The normalized spacial score (nSPS) is 14.7. The van der Waals surface area contributed by atoms with Crippen molar-refractivity contribution in [2.24, 2.45) is 0 Å². The number of aromatic nitrogens is 6. The molecule has 0 aliphatic heterocycles. The second kappa shape index (κ2) is 7.31. The molecule has 31 heavy (non-hydrogen) atoms. The van der Waals surface area contributed by atoms with Crippen molar-refractivity contribution in [3.8, 4) is 11.5 Å². The molecule has 1 aliphatic carbocycles. The van der Waals surface area contributed by atoms with Crippen molar-refractivity contribution in [1.82, 2.24) is 29.7 Å². The fourth-order valence-electron chi connectivity index (χ4n) is 3.60. The highest BCUT2D eigenvalue weighted by molar-refractivity contribution is 6.35. The molecule has 1 unspecified atom stereocenters. The van der Waals surface area contributed by atoms with Gasteiger partial charge in [-0.3, -0.25) is 9.36 Å². The maximum Gasteiger partial charge on any atom is 0.263 e. The van der Waals surface area contributed by atoms with Gasteiger partial charge in [0.2, 0.25) is 5.89 Å². The van der Waals surface area contributed by atoms with Crippen LogP contribution in [-0.2, 0) is 0 Å². The number of benzene rings is 1. The molecule has 0 amide bonds. The van der Waals surface area contributed by atoms with Crippen LogP contribution in [0.2, 0.25) is 5.02 Å². The zero-order valence-corrected chi connectivity index (χ0v) is 17.6. The van der Waals surface area contributed by atoms with Crippen molar-refractivity contribution in [3.63, 3.8) is 0 Å². The first kappa shape index (κ1) is 19.4. The van der Waals surface area contributed by atoms with Gasteiger partial charge in [-0.1, -0.05) is 17.7 Å². The fourth-order valence-corrected chi connectivity index (χ4v) is 3.85. The number of rotatable bonds is 5. The van der Waals surface area contributed by atoms with Gasteiger partial charge in [0.25, 0.3) is 11.4 Å². The van der Waals surface area contributed by atoms with E-state index >= 15 is 0 Å². The third kappa shape index (κ3) is 3.38. The van der Waals surface area contributed by atoms with Gasteiger partial charge in [-0.05, 0) is 31.9 Å². The predicted octanol–water partition coefficient (Wildman–Crippen LogP) is 3.29. The number of halogens is 1. The summed E-state index contributed by atoms with van der Waals surface area (Å²) in [5, 5.41) is 12.0. The van der Waals surface area contributed by atoms with Crippen LogP contribution in [0.1, 0.15) is 43.6 Å². The minimum absolute atomic E-state index is 0.105. The van der Waals surface area contributed by atoms with Crippen molar-refractivity contribution < 1.29 is 4.42 Å². The lowest BCUT2D eigenvalue weighted by Gasteiger charge is -2.21. The fraction of sp³-hybridized carbons (Fsp3) is 0.300. The van der Waals surface area contributed by atoms with E-state index in [1.54, 1.807) is 29.7 Å². The minimum Gasteiger partial charge on any atom is -0.421 e. The Kier molecular flexibility index (Phi) is 4.58. The van der Waals surface area contributed by atoms with Gasteiger partial charge in [0, 0.05) is 13.0 Å². The van der Waals surface area contributed by atoms with Gasteiger partial charge in [-0.2, -0.15) is 0 Å². The summed E-state index contributed by atoms with van der Waals surface area (Å²) in [6.45, 7) is 3.59. The Morgan fingerprint density at radius 2 is 2.10 bits per heavy atom. The molecule has 0 radical (unpaired) electrons. The quantitative estimate of drug-likeness (QED) is 0.480. The molecule has 3 N–H and O–H groups in total. The number of nitrogens with one attached hydrogen (secondary N) is 1. The van der Waals surface area contributed by atoms with Gasteiger partial charge in [0.1, 0.15) is 29.4 Å². The van der Waals surface area contributed by atoms with Crippen LogP contribution >= 0.6 is 11.6 Å². The number of nitrogens with zero attached hydrogens (tertiary/aromatic N) is 6. The van der Waals surface area contributed by atoms with E-state index in [4.69, 9.17) is 26.7 Å². The lowest BCUT2D eigenvalue weighted by Crippen LogP contribution is -2.28. The van der Waals surface area contributed by atoms with E-state index in [0.717, 1.165) is 12.8 Å². The molecule has 11 heteroatoms. The van der Waals surface area contributed by atoms with Gasteiger partial charge < -0.3 is 15.5 Å². The maximum atomic E-state index is 13.3. The Morgan fingerprint density at radius 3 is 2.81 bits per heavy atom.